The van der Waals surface area contributed by atoms with Gasteiger partial charge in [-0.25, -0.2) is 0 Å². The van der Waals surface area contributed by atoms with Crippen LogP contribution in [0.2, 0.25) is 0 Å². The molecule has 3 nitrogen and oxygen atoms in total. The van der Waals surface area contributed by atoms with Gasteiger partial charge in [-0.1, -0.05) is 6.07 Å². The van der Waals surface area contributed by atoms with Crippen LogP contribution >= 0.6 is 0 Å². The van der Waals surface area contributed by atoms with Crippen molar-refractivity contribution >= 4 is 11.4 Å². The summed E-state index contributed by atoms with van der Waals surface area (Å²) in [6, 6.07) is 6.71. The number of nitrogen functional groups attached to an aromatic ring is 1. The maximum Gasteiger partial charge on any atom is 0.0670 e. The van der Waals surface area contributed by atoms with Gasteiger partial charge in [0.25, 0.3) is 0 Å². The van der Waals surface area contributed by atoms with Crippen molar-refractivity contribution in [3.63, 3.8) is 0 Å². The zero-order valence-corrected chi connectivity index (χ0v) is 9.36. The normalized spacial score (nSPS) is 20.5. The summed E-state index contributed by atoms with van der Waals surface area (Å²) in [7, 11) is 2.10. The van der Waals surface area contributed by atoms with Gasteiger partial charge in [-0.3, -0.25) is 0 Å². The van der Waals surface area contributed by atoms with E-state index >= 15 is 0 Å². The predicted octanol–water partition coefficient (Wildman–Crippen LogP) is 1.80. The molecule has 1 atom stereocenters. The van der Waals surface area contributed by atoms with Gasteiger partial charge in [0.15, 0.2) is 0 Å². The van der Waals surface area contributed by atoms with Gasteiger partial charge in [0.1, 0.15) is 0 Å². The number of benzene rings is 1. The maximum atomic E-state index is 5.90. The van der Waals surface area contributed by atoms with Crippen LogP contribution in [0.25, 0.3) is 0 Å². The van der Waals surface area contributed by atoms with Crippen LogP contribution in [0.15, 0.2) is 18.2 Å². The van der Waals surface area contributed by atoms with Crippen molar-refractivity contribution in [1.29, 1.82) is 0 Å². The molecule has 0 spiro atoms. The van der Waals surface area contributed by atoms with Crippen molar-refractivity contribution in [3.05, 3.63) is 23.8 Å². The summed E-state index contributed by atoms with van der Waals surface area (Å²) in [5.74, 6) is 0. The second-order valence-electron chi connectivity index (χ2n) is 4.17. The van der Waals surface area contributed by atoms with E-state index in [0.29, 0.717) is 6.04 Å². The fourth-order valence-electron chi connectivity index (χ4n) is 1.89. The molecule has 0 saturated carbocycles. The summed E-state index contributed by atoms with van der Waals surface area (Å²) < 4.78 is 5.38. The van der Waals surface area contributed by atoms with E-state index in [4.69, 9.17) is 10.5 Å². The quantitative estimate of drug-likeness (QED) is 0.750. The van der Waals surface area contributed by atoms with Crippen LogP contribution in [0.4, 0.5) is 11.4 Å². The molecule has 1 aliphatic rings. The first-order valence-electron chi connectivity index (χ1n) is 5.35. The van der Waals surface area contributed by atoms with Crippen LogP contribution in [0.1, 0.15) is 12.0 Å². The summed E-state index contributed by atoms with van der Waals surface area (Å²) in [6.07, 6.45) is 1.10. The number of likely N-dealkylation sites (N-methyl/N-ethyl adjacent to an activating group) is 1. The summed E-state index contributed by atoms with van der Waals surface area (Å²) >= 11 is 0. The molecule has 0 aromatic heterocycles. The summed E-state index contributed by atoms with van der Waals surface area (Å²) in [4.78, 5) is 2.25. The van der Waals surface area contributed by atoms with Gasteiger partial charge < -0.3 is 15.4 Å². The van der Waals surface area contributed by atoms with E-state index in [2.05, 4.69) is 24.1 Å². The zero-order valence-electron chi connectivity index (χ0n) is 9.36. The molecule has 1 aromatic carbocycles. The Kier molecular flexibility index (Phi) is 2.82. The Labute approximate surface area is 90.8 Å². The molecule has 3 heteroatoms. The fourth-order valence-corrected chi connectivity index (χ4v) is 1.89. The molecule has 15 heavy (non-hydrogen) atoms. The van der Waals surface area contributed by atoms with E-state index in [9.17, 15) is 0 Å². The van der Waals surface area contributed by atoms with Gasteiger partial charge in [0, 0.05) is 25.0 Å². The molecule has 0 bridgehead atoms. The van der Waals surface area contributed by atoms with Gasteiger partial charge >= 0.3 is 0 Å². The number of nitrogens with zero attached hydrogens (tertiary/aromatic N) is 1. The Morgan fingerprint density at radius 3 is 2.87 bits per heavy atom. The number of hydrogen-bond acceptors (Lipinski definition) is 3. The molecule has 82 valence electrons. The van der Waals surface area contributed by atoms with E-state index in [1.165, 1.54) is 5.69 Å². The van der Waals surface area contributed by atoms with E-state index in [-0.39, 0.29) is 0 Å². The van der Waals surface area contributed by atoms with Gasteiger partial charge in [0.05, 0.1) is 12.6 Å². The minimum Gasteiger partial charge on any atom is -0.398 e. The monoisotopic (exact) mass is 206 g/mol. The van der Waals surface area contributed by atoms with Gasteiger partial charge in [-0.2, -0.15) is 0 Å². The van der Waals surface area contributed by atoms with E-state index in [1.807, 2.05) is 13.0 Å². The molecule has 0 radical (unpaired) electrons. The highest BCUT2D eigenvalue weighted by molar-refractivity contribution is 5.59. The molecule has 1 aliphatic heterocycles. The lowest BCUT2D eigenvalue weighted by atomic mass is 10.1. The van der Waals surface area contributed by atoms with Crippen LogP contribution in [-0.4, -0.2) is 26.3 Å². The van der Waals surface area contributed by atoms with Crippen molar-refractivity contribution in [1.82, 2.24) is 0 Å². The molecule has 0 aliphatic carbocycles. The average molecular weight is 206 g/mol. The summed E-state index contributed by atoms with van der Waals surface area (Å²) in [6.45, 7) is 3.72. The smallest absolute Gasteiger partial charge is 0.0670 e. The molecule has 1 heterocycles. The van der Waals surface area contributed by atoms with E-state index in [0.717, 1.165) is 30.9 Å². The Morgan fingerprint density at radius 2 is 2.27 bits per heavy atom. The SMILES string of the molecule is Cc1ccc(N(C)C2CCOC2)cc1N. The third kappa shape index (κ3) is 2.07. The summed E-state index contributed by atoms with van der Waals surface area (Å²) in [5, 5.41) is 0. The molecule has 1 saturated heterocycles. The lowest BCUT2D eigenvalue weighted by molar-refractivity contribution is 0.193. The number of hydrogen-bond donors (Lipinski definition) is 1. The standard InChI is InChI=1S/C12H18N2O/c1-9-3-4-10(7-12(9)13)14(2)11-5-6-15-8-11/h3-4,7,11H,5-6,8,13H2,1-2H3. The van der Waals surface area contributed by atoms with Crippen molar-refractivity contribution in [2.75, 3.05) is 30.9 Å². The molecular formula is C12H18N2O. The minimum atomic E-state index is 0.493. The molecule has 1 unspecified atom stereocenters. The maximum absolute atomic E-state index is 5.90. The fraction of sp³-hybridized carbons (Fsp3) is 0.500. The molecule has 2 N–H and O–H groups in total. The molecule has 1 fully saturated rings. The largest absolute Gasteiger partial charge is 0.398 e. The Balaban J connectivity index is 2.17. The number of aryl methyl sites for hydroxylation is 1. The zero-order chi connectivity index (χ0) is 10.8. The first-order valence-corrected chi connectivity index (χ1v) is 5.35. The van der Waals surface area contributed by atoms with Crippen molar-refractivity contribution in [3.8, 4) is 0 Å². The number of ether oxygens (including phenoxy) is 1. The van der Waals surface area contributed by atoms with Gasteiger partial charge in [0.2, 0.25) is 0 Å². The van der Waals surface area contributed by atoms with Crippen LogP contribution in [0, 0.1) is 6.92 Å². The van der Waals surface area contributed by atoms with Gasteiger partial charge in [-0.15, -0.1) is 0 Å². The minimum absolute atomic E-state index is 0.493. The Hall–Kier alpha value is -1.22. The summed E-state index contributed by atoms with van der Waals surface area (Å²) in [5.41, 5.74) is 9.07. The molecule has 0 amide bonds. The lowest BCUT2D eigenvalue weighted by Gasteiger charge is -2.25. The first-order chi connectivity index (χ1) is 7.18. The third-order valence-corrected chi connectivity index (χ3v) is 3.12. The van der Waals surface area contributed by atoms with Crippen molar-refractivity contribution in [2.45, 2.75) is 19.4 Å². The number of rotatable bonds is 2. The highest BCUT2D eigenvalue weighted by atomic mass is 16.5. The lowest BCUT2D eigenvalue weighted by Crippen LogP contribution is -2.31. The average Bonchev–Trinajstić information content (AvgIpc) is 2.74. The predicted molar refractivity (Wildman–Crippen MR) is 63.2 cm³/mol. The van der Waals surface area contributed by atoms with Crippen LogP contribution in [0.3, 0.4) is 0 Å². The van der Waals surface area contributed by atoms with Crippen molar-refractivity contribution < 1.29 is 4.74 Å². The highest BCUT2D eigenvalue weighted by Gasteiger charge is 2.20. The highest BCUT2D eigenvalue weighted by Crippen LogP contribution is 2.23. The molecular weight excluding hydrogens is 188 g/mol. The Bertz CT molecular complexity index is 345. The second kappa shape index (κ2) is 4.11. The first kappa shape index (κ1) is 10.3. The molecule has 1 aromatic rings. The second-order valence-corrected chi connectivity index (χ2v) is 4.17. The molecule has 2 rings (SSSR count). The topological polar surface area (TPSA) is 38.5 Å². The number of anilines is 2. The Morgan fingerprint density at radius 1 is 1.47 bits per heavy atom. The number of nitrogens with two attached hydrogens (primary N) is 1. The third-order valence-electron chi connectivity index (χ3n) is 3.12. The van der Waals surface area contributed by atoms with E-state index in [1.54, 1.807) is 0 Å². The van der Waals surface area contributed by atoms with Crippen LogP contribution in [0.5, 0.6) is 0 Å². The van der Waals surface area contributed by atoms with Gasteiger partial charge in [-0.05, 0) is 31.0 Å². The van der Waals surface area contributed by atoms with Crippen molar-refractivity contribution in [2.24, 2.45) is 0 Å². The van der Waals surface area contributed by atoms with Crippen LogP contribution in [-0.2, 0) is 4.74 Å². The van der Waals surface area contributed by atoms with E-state index < -0.39 is 0 Å². The van der Waals surface area contributed by atoms with Crippen LogP contribution < -0.4 is 10.6 Å².